The Morgan fingerprint density at radius 3 is 2.89 bits per heavy atom. The number of methoxy groups -OCH3 is 1. The number of nitrogens with one attached hydrogen (secondary N) is 1. The quantitative estimate of drug-likeness (QED) is 0.521. The van der Waals surface area contributed by atoms with Gasteiger partial charge in [-0.05, 0) is 6.42 Å². The first kappa shape index (κ1) is 6.99. The maximum atomic E-state index is 5.43. The van der Waals surface area contributed by atoms with Crippen LogP contribution in [0.25, 0.3) is 0 Å². The molecule has 1 heterocycles. The molecule has 0 aromatic carbocycles. The zero-order valence-corrected chi connectivity index (χ0v) is 5.76. The van der Waals surface area contributed by atoms with Gasteiger partial charge in [0.2, 0.25) is 0 Å². The van der Waals surface area contributed by atoms with E-state index in [0.717, 1.165) is 19.5 Å². The van der Waals surface area contributed by atoms with Crippen LogP contribution in [0.2, 0.25) is 0 Å². The van der Waals surface area contributed by atoms with Crippen molar-refractivity contribution in [2.24, 2.45) is 5.73 Å². The first-order valence-corrected chi connectivity index (χ1v) is 3.33. The van der Waals surface area contributed by atoms with Crippen LogP contribution in [0, 0.1) is 0 Å². The van der Waals surface area contributed by atoms with E-state index >= 15 is 0 Å². The van der Waals surface area contributed by atoms with Crippen molar-refractivity contribution < 1.29 is 4.74 Å². The fourth-order valence-electron chi connectivity index (χ4n) is 1.14. The molecule has 3 heteroatoms. The molecule has 1 aliphatic heterocycles. The summed E-state index contributed by atoms with van der Waals surface area (Å²) >= 11 is 0. The molecule has 54 valence electrons. The molecule has 9 heavy (non-hydrogen) atoms. The normalized spacial score (nSPS) is 35.3. The zero-order valence-electron chi connectivity index (χ0n) is 5.76. The van der Waals surface area contributed by atoms with E-state index in [2.05, 4.69) is 5.32 Å². The summed E-state index contributed by atoms with van der Waals surface area (Å²) in [7, 11) is 1.74. The molecule has 0 radical (unpaired) electrons. The van der Waals surface area contributed by atoms with E-state index in [4.69, 9.17) is 10.5 Å². The summed E-state index contributed by atoms with van der Waals surface area (Å²) in [6.07, 6.45) is 1.45. The molecule has 3 N–H and O–H groups in total. The van der Waals surface area contributed by atoms with Gasteiger partial charge in [-0.2, -0.15) is 0 Å². The fraction of sp³-hybridized carbons (Fsp3) is 1.00. The van der Waals surface area contributed by atoms with Crippen molar-refractivity contribution in [3.63, 3.8) is 0 Å². The minimum atomic E-state index is 0.388. The molecule has 0 aliphatic carbocycles. The Morgan fingerprint density at radius 1 is 1.78 bits per heavy atom. The Morgan fingerprint density at radius 2 is 2.56 bits per heavy atom. The van der Waals surface area contributed by atoms with E-state index in [1.807, 2.05) is 0 Å². The van der Waals surface area contributed by atoms with Crippen molar-refractivity contribution in [3.05, 3.63) is 0 Å². The van der Waals surface area contributed by atoms with Gasteiger partial charge in [-0.1, -0.05) is 0 Å². The average molecular weight is 130 g/mol. The van der Waals surface area contributed by atoms with E-state index < -0.39 is 0 Å². The highest BCUT2D eigenvalue weighted by Crippen LogP contribution is 2.07. The monoisotopic (exact) mass is 130 g/mol. The number of hydrogen-bond donors (Lipinski definition) is 2. The molecule has 0 spiro atoms. The van der Waals surface area contributed by atoms with Gasteiger partial charge < -0.3 is 15.8 Å². The minimum absolute atomic E-state index is 0.388. The van der Waals surface area contributed by atoms with Gasteiger partial charge in [-0.15, -0.1) is 0 Å². The second kappa shape index (κ2) is 3.15. The van der Waals surface area contributed by atoms with E-state index in [0.29, 0.717) is 12.1 Å². The largest absolute Gasteiger partial charge is 0.380 e. The predicted molar refractivity (Wildman–Crippen MR) is 36.3 cm³/mol. The molecule has 2 atom stereocenters. The third kappa shape index (κ3) is 1.64. The third-order valence-corrected chi connectivity index (χ3v) is 1.80. The van der Waals surface area contributed by atoms with Crippen molar-refractivity contribution in [2.45, 2.75) is 18.6 Å². The van der Waals surface area contributed by atoms with Crippen LogP contribution in [0.1, 0.15) is 6.42 Å². The van der Waals surface area contributed by atoms with E-state index in [-0.39, 0.29) is 0 Å². The number of hydrogen-bond acceptors (Lipinski definition) is 3. The van der Waals surface area contributed by atoms with E-state index in [9.17, 15) is 0 Å². The van der Waals surface area contributed by atoms with E-state index in [1.165, 1.54) is 0 Å². The molecule has 1 rings (SSSR count). The molecule has 1 aliphatic rings. The standard InChI is InChI=1S/C6H14N2O/c1-9-6-2-5(3-7)8-4-6/h5-6,8H,2-4,7H2,1H3. The van der Waals surface area contributed by atoms with Crippen LogP contribution < -0.4 is 11.1 Å². The lowest BCUT2D eigenvalue weighted by atomic mass is 10.2. The first-order chi connectivity index (χ1) is 4.36. The predicted octanol–water partition coefficient (Wildman–Crippen LogP) is -0.678. The van der Waals surface area contributed by atoms with Crippen LogP contribution in [0.5, 0.6) is 0 Å². The van der Waals surface area contributed by atoms with Crippen molar-refractivity contribution in [1.82, 2.24) is 5.32 Å². The SMILES string of the molecule is COC1CNC(CN)C1. The molecule has 0 amide bonds. The van der Waals surface area contributed by atoms with Crippen LogP contribution >= 0.6 is 0 Å². The van der Waals surface area contributed by atoms with E-state index in [1.54, 1.807) is 7.11 Å². The molecule has 3 nitrogen and oxygen atoms in total. The lowest BCUT2D eigenvalue weighted by Crippen LogP contribution is -2.29. The Bertz CT molecular complexity index is 77.1. The van der Waals surface area contributed by atoms with Gasteiger partial charge in [-0.3, -0.25) is 0 Å². The summed E-state index contributed by atoms with van der Waals surface area (Å²) < 4.78 is 5.13. The van der Waals surface area contributed by atoms with Gasteiger partial charge in [0.15, 0.2) is 0 Å². The van der Waals surface area contributed by atoms with Crippen LogP contribution in [0.15, 0.2) is 0 Å². The van der Waals surface area contributed by atoms with Gasteiger partial charge in [0, 0.05) is 26.2 Å². The van der Waals surface area contributed by atoms with Crippen LogP contribution in [-0.2, 0) is 4.74 Å². The summed E-state index contributed by atoms with van der Waals surface area (Å²) in [6.45, 7) is 1.68. The van der Waals surface area contributed by atoms with Crippen molar-refractivity contribution >= 4 is 0 Å². The molecule has 0 aromatic rings. The Hall–Kier alpha value is -0.120. The molecule has 0 aromatic heterocycles. The number of ether oxygens (including phenoxy) is 1. The molecule has 0 bridgehead atoms. The van der Waals surface area contributed by atoms with Crippen LogP contribution in [0.4, 0.5) is 0 Å². The van der Waals surface area contributed by atoms with Crippen molar-refractivity contribution in [1.29, 1.82) is 0 Å². The summed E-state index contributed by atoms with van der Waals surface area (Å²) in [5.74, 6) is 0. The molecule has 1 fully saturated rings. The topological polar surface area (TPSA) is 47.3 Å². The van der Waals surface area contributed by atoms with Crippen LogP contribution in [0.3, 0.4) is 0 Å². The fourth-order valence-corrected chi connectivity index (χ4v) is 1.14. The van der Waals surface area contributed by atoms with Gasteiger partial charge in [0.1, 0.15) is 0 Å². The number of nitrogens with two attached hydrogens (primary N) is 1. The highest BCUT2D eigenvalue weighted by atomic mass is 16.5. The Balaban J connectivity index is 2.20. The average Bonchev–Trinajstić information content (AvgIpc) is 2.34. The summed E-state index contributed by atoms with van der Waals surface area (Å²) in [5, 5.41) is 3.26. The smallest absolute Gasteiger partial charge is 0.0711 e. The van der Waals surface area contributed by atoms with Gasteiger partial charge >= 0.3 is 0 Å². The second-order valence-electron chi connectivity index (χ2n) is 2.43. The van der Waals surface area contributed by atoms with Gasteiger partial charge in [0.25, 0.3) is 0 Å². The van der Waals surface area contributed by atoms with Crippen LogP contribution in [-0.4, -0.2) is 32.3 Å². The number of rotatable bonds is 2. The zero-order chi connectivity index (χ0) is 6.69. The lowest BCUT2D eigenvalue weighted by Gasteiger charge is -2.04. The molecular weight excluding hydrogens is 116 g/mol. The maximum Gasteiger partial charge on any atom is 0.0711 e. The Kier molecular flexibility index (Phi) is 2.45. The first-order valence-electron chi connectivity index (χ1n) is 3.33. The molecule has 1 saturated heterocycles. The van der Waals surface area contributed by atoms with Gasteiger partial charge in [-0.25, -0.2) is 0 Å². The summed E-state index contributed by atoms with van der Waals surface area (Å²) in [5.41, 5.74) is 5.43. The van der Waals surface area contributed by atoms with Gasteiger partial charge in [0.05, 0.1) is 6.10 Å². The Labute approximate surface area is 55.6 Å². The molecule has 0 saturated carbocycles. The summed E-state index contributed by atoms with van der Waals surface area (Å²) in [6, 6.07) is 0.481. The molecule has 2 unspecified atom stereocenters. The minimum Gasteiger partial charge on any atom is -0.380 e. The second-order valence-corrected chi connectivity index (χ2v) is 2.43. The highest BCUT2D eigenvalue weighted by molar-refractivity contribution is 4.82. The van der Waals surface area contributed by atoms with Crippen molar-refractivity contribution in [2.75, 3.05) is 20.2 Å². The maximum absolute atomic E-state index is 5.43. The summed E-state index contributed by atoms with van der Waals surface area (Å²) in [4.78, 5) is 0. The lowest BCUT2D eigenvalue weighted by molar-refractivity contribution is 0.117. The van der Waals surface area contributed by atoms with Crippen molar-refractivity contribution in [3.8, 4) is 0 Å². The highest BCUT2D eigenvalue weighted by Gasteiger charge is 2.21. The molecular formula is C6H14N2O. The third-order valence-electron chi connectivity index (χ3n) is 1.80.